The van der Waals surface area contributed by atoms with Gasteiger partial charge in [0.15, 0.2) is 23.0 Å². The van der Waals surface area contributed by atoms with Crippen molar-refractivity contribution in [1.29, 1.82) is 0 Å². The average Bonchev–Trinajstić information content (AvgIpc) is 2.77. The number of hydrogen-bond donors (Lipinski definition) is 1. The van der Waals surface area contributed by atoms with Gasteiger partial charge in [-0.1, -0.05) is 6.07 Å². The molecule has 0 fully saturated rings. The van der Waals surface area contributed by atoms with E-state index in [1.165, 1.54) is 34.5 Å². The number of nitrogens with zero attached hydrogens (tertiary/aromatic N) is 1. The Labute approximate surface area is 168 Å². The number of aromatic nitrogens is 1. The number of rotatable bonds is 7. The van der Waals surface area contributed by atoms with Crippen molar-refractivity contribution in [3.8, 4) is 40.0 Å². The second-order valence-electron chi connectivity index (χ2n) is 6.04. The molecule has 29 heavy (non-hydrogen) atoms. The first kappa shape index (κ1) is 20.0. The van der Waals surface area contributed by atoms with Crippen molar-refractivity contribution >= 4 is 5.78 Å². The highest BCUT2D eigenvalue weighted by Gasteiger charge is 2.19. The highest BCUT2D eigenvalue weighted by atomic mass is 16.5. The van der Waals surface area contributed by atoms with E-state index >= 15 is 0 Å². The first-order chi connectivity index (χ1) is 14.0. The molecule has 1 aromatic heterocycles. The molecule has 7 heteroatoms. The van der Waals surface area contributed by atoms with Crippen LogP contribution in [0.1, 0.15) is 16.1 Å². The number of pyridine rings is 1. The van der Waals surface area contributed by atoms with Crippen LogP contribution in [0.25, 0.3) is 11.3 Å². The predicted molar refractivity (Wildman–Crippen MR) is 107 cm³/mol. The largest absolute Gasteiger partial charge is 0.504 e. The molecule has 0 spiro atoms. The Bertz CT molecular complexity index is 1020. The Morgan fingerprint density at radius 3 is 2.03 bits per heavy atom. The van der Waals surface area contributed by atoms with E-state index in [1.807, 2.05) is 0 Å². The molecule has 3 aromatic rings. The molecule has 1 N–H and O–H groups in total. The Kier molecular flexibility index (Phi) is 5.87. The summed E-state index contributed by atoms with van der Waals surface area (Å²) in [7, 11) is 5.95. The quantitative estimate of drug-likeness (QED) is 0.610. The van der Waals surface area contributed by atoms with Crippen molar-refractivity contribution in [2.24, 2.45) is 0 Å². The van der Waals surface area contributed by atoms with E-state index in [0.717, 1.165) is 0 Å². The maximum Gasteiger partial charge on any atom is 0.211 e. The van der Waals surface area contributed by atoms with Crippen molar-refractivity contribution in [1.82, 2.24) is 4.98 Å². The van der Waals surface area contributed by atoms with Crippen LogP contribution < -0.4 is 18.9 Å². The topological polar surface area (TPSA) is 87.1 Å². The zero-order chi connectivity index (χ0) is 21.0. The van der Waals surface area contributed by atoms with Crippen LogP contribution in [0.3, 0.4) is 0 Å². The van der Waals surface area contributed by atoms with E-state index in [2.05, 4.69) is 4.98 Å². The second kappa shape index (κ2) is 8.52. The Morgan fingerprint density at radius 1 is 0.828 bits per heavy atom. The number of carbonyl (C=O) groups excluding carboxylic acids is 1. The first-order valence-corrected chi connectivity index (χ1v) is 8.71. The molecule has 1 heterocycles. The fourth-order valence-corrected chi connectivity index (χ4v) is 2.93. The summed E-state index contributed by atoms with van der Waals surface area (Å²) < 4.78 is 21.0. The molecule has 0 unspecified atom stereocenters. The molecule has 0 aliphatic carbocycles. The Balaban J connectivity index is 2.01. The number of hydrogen-bond acceptors (Lipinski definition) is 7. The third-order valence-electron chi connectivity index (χ3n) is 4.38. The summed E-state index contributed by atoms with van der Waals surface area (Å²) in [5.74, 6) is 1.22. The van der Waals surface area contributed by atoms with Crippen molar-refractivity contribution in [2.45, 2.75) is 0 Å². The van der Waals surface area contributed by atoms with Crippen LogP contribution in [-0.4, -0.2) is 44.3 Å². The molecular weight excluding hydrogens is 374 g/mol. The lowest BCUT2D eigenvalue weighted by molar-refractivity contribution is 0.103. The normalized spacial score (nSPS) is 10.3. The van der Waals surface area contributed by atoms with E-state index in [9.17, 15) is 9.90 Å². The fraction of sp³-hybridized carbons (Fsp3) is 0.182. The molecule has 0 radical (unpaired) electrons. The number of phenols is 1. The van der Waals surface area contributed by atoms with Gasteiger partial charge < -0.3 is 24.1 Å². The molecule has 0 bridgehead atoms. The van der Waals surface area contributed by atoms with E-state index in [-0.39, 0.29) is 17.2 Å². The summed E-state index contributed by atoms with van der Waals surface area (Å²) in [6.07, 6.45) is 0. The van der Waals surface area contributed by atoms with Gasteiger partial charge in [0.1, 0.15) is 5.69 Å². The summed E-state index contributed by atoms with van der Waals surface area (Å²) in [5.41, 5.74) is 1.79. The maximum absolute atomic E-state index is 13.0. The van der Waals surface area contributed by atoms with E-state index < -0.39 is 0 Å². The first-order valence-electron chi connectivity index (χ1n) is 8.71. The average molecular weight is 395 g/mol. The van der Waals surface area contributed by atoms with Gasteiger partial charge in [0.2, 0.25) is 11.5 Å². The van der Waals surface area contributed by atoms with Crippen molar-refractivity contribution in [3.05, 3.63) is 59.8 Å². The summed E-state index contributed by atoms with van der Waals surface area (Å²) in [5, 5.41) is 10.0. The summed E-state index contributed by atoms with van der Waals surface area (Å²) in [4.78, 5) is 17.5. The molecule has 0 saturated heterocycles. The van der Waals surface area contributed by atoms with Crippen LogP contribution in [0.15, 0.2) is 48.5 Å². The van der Waals surface area contributed by atoms with Gasteiger partial charge in [0.05, 0.1) is 34.1 Å². The number of ether oxygens (including phenoxy) is 4. The van der Waals surface area contributed by atoms with E-state index in [0.29, 0.717) is 39.8 Å². The molecule has 0 aliphatic rings. The third-order valence-corrected chi connectivity index (χ3v) is 4.38. The zero-order valence-corrected chi connectivity index (χ0v) is 16.6. The molecule has 150 valence electrons. The molecule has 0 saturated carbocycles. The number of ketones is 1. The molecule has 3 rings (SSSR count). The summed E-state index contributed by atoms with van der Waals surface area (Å²) in [6, 6.07) is 13.2. The minimum atomic E-state index is -0.302. The predicted octanol–water partition coefficient (Wildman–Crippen LogP) is 3.72. The molecule has 7 nitrogen and oxygen atoms in total. The van der Waals surface area contributed by atoms with Gasteiger partial charge in [0, 0.05) is 11.1 Å². The van der Waals surface area contributed by atoms with Crippen LogP contribution in [0.2, 0.25) is 0 Å². The van der Waals surface area contributed by atoms with Crippen LogP contribution in [-0.2, 0) is 0 Å². The molecular formula is C22H21NO6. The molecule has 2 aromatic carbocycles. The van der Waals surface area contributed by atoms with Crippen LogP contribution in [0.4, 0.5) is 0 Å². The van der Waals surface area contributed by atoms with Gasteiger partial charge in [-0.3, -0.25) is 4.79 Å². The fourth-order valence-electron chi connectivity index (χ4n) is 2.93. The monoisotopic (exact) mass is 395 g/mol. The van der Waals surface area contributed by atoms with Crippen molar-refractivity contribution in [3.63, 3.8) is 0 Å². The third kappa shape index (κ3) is 3.94. The minimum absolute atomic E-state index is 0.00634. The van der Waals surface area contributed by atoms with Gasteiger partial charge in [-0.25, -0.2) is 4.98 Å². The zero-order valence-electron chi connectivity index (χ0n) is 16.6. The molecule has 0 atom stereocenters. The van der Waals surface area contributed by atoms with Crippen molar-refractivity contribution in [2.75, 3.05) is 28.4 Å². The molecule has 0 aliphatic heterocycles. The Morgan fingerprint density at radius 2 is 1.48 bits per heavy atom. The second-order valence-corrected chi connectivity index (χ2v) is 6.04. The number of aromatic hydroxyl groups is 1. The Hall–Kier alpha value is -3.74. The number of benzene rings is 2. The number of methoxy groups -OCH3 is 4. The van der Waals surface area contributed by atoms with Crippen LogP contribution >= 0.6 is 0 Å². The highest BCUT2D eigenvalue weighted by molar-refractivity contribution is 6.08. The number of phenolic OH excluding ortho intramolecular Hbond substituents is 1. The minimum Gasteiger partial charge on any atom is -0.504 e. The SMILES string of the molecule is COc1ccc(-c2cccc(C(=O)c3cc(OC)c(OC)c(OC)c3)n2)cc1O. The van der Waals surface area contributed by atoms with Crippen LogP contribution in [0, 0.1) is 0 Å². The lowest BCUT2D eigenvalue weighted by Crippen LogP contribution is -2.06. The van der Waals surface area contributed by atoms with Gasteiger partial charge in [-0.15, -0.1) is 0 Å². The maximum atomic E-state index is 13.0. The van der Waals surface area contributed by atoms with E-state index in [4.69, 9.17) is 18.9 Å². The summed E-state index contributed by atoms with van der Waals surface area (Å²) >= 11 is 0. The smallest absolute Gasteiger partial charge is 0.211 e. The lowest BCUT2D eigenvalue weighted by atomic mass is 10.0. The standard InChI is InChI=1S/C22H21NO6/c1-26-18-9-8-13(10-17(18)24)15-6-5-7-16(23-15)21(25)14-11-19(27-2)22(29-4)20(12-14)28-3/h5-12,24H,1-4H3. The molecule has 0 amide bonds. The van der Waals surface area contributed by atoms with Gasteiger partial charge in [-0.2, -0.15) is 0 Å². The van der Waals surface area contributed by atoms with Gasteiger partial charge in [-0.05, 0) is 42.5 Å². The van der Waals surface area contributed by atoms with Gasteiger partial charge in [0.25, 0.3) is 0 Å². The highest BCUT2D eigenvalue weighted by Crippen LogP contribution is 2.38. The summed E-state index contributed by atoms with van der Waals surface area (Å²) in [6.45, 7) is 0. The lowest BCUT2D eigenvalue weighted by Gasteiger charge is -2.13. The van der Waals surface area contributed by atoms with E-state index in [1.54, 1.807) is 42.5 Å². The van der Waals surface area contributed by atoms with Gasteiger partial charge >= 0.3 is 0 Å². The van der Waals surface area contributed by atoms with Crippen molar-refractivity contribution < 1.29 is 28.8 Å². The van der Waals surface area contributed by atoms with Crippen LogP contribution in [0.5, 0.6) is 28.7 Å². The number of carbonyl (C=O) groups is 1.